The van der Waals surface area contributed by atoms with Gasteiger partial charge in [-0.3, -0.25) is 4.79 Å². The number of aliphatic carboxylic acids is 1. The fourth-order valence-electron chi connectivity index (χ4n) is 0.387. The van der Waals surface area contributed by atoms with E-state index in [0.29, 0.717) is 0 Å². The molecule has 0 fully saturated rings. The minimum atomic E-state index is -0.833. The Hall–Kier alpha value is -0.220. The van der Waals surface area contributed by atoms with Gasteiger partial charge in [0.25, 0.3) is 5.97 Å². The molecule has 0 aromatic rings. The average molecular weight is 179 g/mol. The molecule has 0 aliphatic rings. The second kappa shape index (κ2) is 9.78. The normalized spacial score (nSPS) is 8.82. The standard InChI is InChI=1S/C5H13NS.C2H4O2/c1-6(2)4-3-5-7;1-2(3)4/h7H,3-5H2,1-2H3;1H3,(H,3,4). The van der Waals surface area contributed by atoms with Crippen LogP contribution < -0.4 is 0 Å². The van der Waals surface area contributed by atoms with E-state index in [2.05, 4.69) is 31.6 Å². The Kier molecular flexibility index (Phi) is 11.9. The fourth-order valence-corrected chi connectivity index (χ4v) is 0.528. The maximum absolute atomic E-state index is 9.00. The van der Waals surface area contributed by atoms with E-state index in [9.17, 15) is 0 Å². The minimum absolute atomic E-state index is 0.833. The molecule has 0 unspecified atom stereocenters. The van der Waals surface area contributed by atoms with Crippen LogP contribution >= 0.6 is 12.6 Å². The van der Waals surface area contributed by atoms with Crippen molar-refractivity contribution < 1.29 is 9.90 Å². The van der Waals surface area contributed by atoms with E-state index in [1.165, 1.54) is 6.42 Å². The van der Waals surface area contributed by atoms with Crippen LogP contribution in [-0.4, -0.2) is 42.4 Å². The van der Waals surface area contributed by atoms with Crippen LogP contribution in [0.1, 0.15) is 13.3 Å². The first-order valence-electron chi connectivity index (χ1n) is 3.45. The van der Waals surface area contributed by atoms with Gasteiger partial charge in [-0.15, -0.1) is 0 Å². The molecule has 0 aliphatic heterocycles. The van der Waals surface area contributed by atoms with Crippen molar-refractivity contribution in [1.82, 2.24) is 4.90 Å². The molecule has 0 heterocycles. The molecule has 4 heteroatoms. The van der Waals surface area contributed by atoms with Gasteiger partial charge < -0.3 is 10.0 Å². The van der Waals surface area contributed by atoms with Crippen LogP contribution in [0.5, 0.6) is 0 Å². The summed E-state index contributed by atoms with van der Waals surface area (Å²) in [7, 11) is 4.15. The maximum atomic E-state index is 9.00. The molecule has 3 nitrogen and oxygen atoms in total. The predicted molar refractivity (Wildman–Crippen MR) is 50.3 cm³/mol. The van der Waals surface area contributed by atoms with E-state index in [0.717, 1.165) is 19.2 Å². The highest BCUT2D eigenvalue weighted by atomic mass is 32.1. The van der Waals surface area contributed by atoms with Crippen molar-refractivity contribution in [2.24, 2.45) is 0 Å². The Morgan fingerprint density at radius 2 is 1.91 bits per heavy atom. The third kappa shape index (κ3) is 41.4. The Bertz CT molecular complexity index is 92.4. The number of thiol groups is 1. The van der Waals surface area contributed by atoms with Gasteiger partial charge in [-0.2, -0.15) is 12.6 Å². The SMILES string of the molecule is CC(=O)O.CN(C)CCCS. The lowest BCUT2D eigenvalue weighted by Crippen LogP contribution is -2.12. The lowest BCUT2D eigenvalue weighted by atomic mass is 10.5. The third-order valence-electron chi connectivity index (χ3n) is 0.763. The summed E-state index contributed by atoms with van der Waals surface area (Å²) in [5, 5.41) is 7.42. The van der Waals surface area contributed by atoms with Gasteiger partial charge in [0, 0.05) is 6.92 Å². The molecule has 0 aromatic heterocycles. The molecule has 11 heavy (non-hydrogen) atoms. The minimum Gasteiger partial charge on any atom is -0.481 e. The van der Waals surface area contributed by atoms with Crippen molar-refractivity contribution >= 4 is 18.6 Å². The molecule has 0 rings (SSSR count). The fraction of sp³-hybridized carbons (Fsp3) is 0.857. The van der Waals surface area contributed by atoms with E-state index in [4.69, 9.17) is 9.90 Å². The van der Waals surface area contributed by atoms with E-state index in [1.54, 1.807) is 0 Å². The van der Waals surface area contributed by atoms with Crippen molar-refractivity contribution in [2.45, 2.75) is 13.3 Å². The lowest BCUT2D eigenvalue weighted by Gasteiger charge is -2.05. The van der Waals surface area contributed by atoms with Gasteiger partial charge in [-0.25, -0.2) is 0 Å². The maximum Gasteiger partial charge on any atom is 0.300 e. The Labute approximate surface area is 73.8 Å². The zero-order valence-electron chi connectivity index (χ0n) is 7.37. The summed E-state index contributed by atoms with van der Waals surface area (Å²) in [5.74, 6) is 0.165. The van der Waals surface area contributed by atoms with Crippen molar-refractivity contribution in [3.63, 3.8) is 0 Å². The molecule has 0 aliphatic carbocycles. The molecule has 0 saturated carbocycles. The van der Waals surface area contributed by atoms with Crippen molar-refractivity contribution in [3.8, 4) is 0 Å². The Morgan fingerprint density at radius 3 is 2.00 bits per heavy atom. The first-order valence-corrected chi connectivity index (χ1v) is 4.09. The van der Waals surface area contributed by atoms with E-state index >= 15 is 0 Å². The van der Waals surface area contributed by atoms with E-state index in [-0.39, 0.29) is 0 Å². The molecule has 0 spiro atoms. The van der Waals surface area contributed by atoms with Gasteiger partial charge in [-0.1, -0.05) is 0 Å². The first kappa shape index (κ1) is 13.4. The van der Waals surface area contributed by atoms with Gasteiger partial charge in [0.1, 0.15) is 0 Å². The third-order valence-corrected chi connectivity index (χ3v) is 1.08. The topological polar surface area (TPSA) is 40.5 Å². The summed E-state index contributed by atoms with van der Waals surface area (Å²) >= 11 is 4.07. The predicted octanol–water partition coefficient (Wildman–Crippen LogP) is 0.959. The van der Waals surface area contributed by atoms with Gasteiger partial charge in [0.2, 0.25) is 0 Å². The summed E-state index contributed by atoms with van der Waals surface area (Å²) in [6.45, 7) is 2.24. The summed E-state index contributed by atoms with van der Waals surface area (Å²) in [6.07, 6.45) is 1.19. The second-order valence-corrected chi connectivity index (χ2v) is 2.85. The van der Waals surface area contributed by atoms with Crippen LogP contribution in [-0.2, 0) is 4.79 Å². The quantitative estimate of drug-likeness (QED) is 0.634. The summed E-state index contributed by atoms with van der Waals surface area (Å²) in [6, 6.07) is 0. The van der Waals surface area contributed by atoms with Gasteiger partial charge in [0.05, 0.1) is 0 Å². The Balaban J connectivity index is 0. The van der Waals surface area contributed by atoms with Gasteiger partial charge >= 0.3 is 0 Å². The Morgan fingerprint density at radius 1 is 1.55 bits per heavy atom. The number of hydrogen-bond donors (Lipinski definition) is 2. The highest BCUT2D eigenvalue weighted by Crippen LogP contribution is 1.84. The smallest absolute Gasteiger partial charge is 0.300 e. The van der Waals surface area contributed by atoms with Crippen LogP contribution in [0, 0.1) is 0 Å². The number of rotatable bonds is 3. The number of carboxylic acids is 1. The van der Waals surface area contributed by atoms with Crippen LogP contribution in [0.2, 0.25) is 0 Å². The monoisotopic (exact) mass is 179 g/mol. The van der Waals surface area contributed by atoms with Crippen molar-refractivity contribution in [3.05, 3.63) is 0 Å². The van der Waals surface area contributed by atoms with Crippen molar-refractivity contribution in [1.29, 1.82) is 0 Å². The molecular formula is C7H17NO2S. The molecule has 0 bridgehead atoms. The zero-order valence-corrected chi connectivity index (χ0v) is 8.27. The van der Waals surface area contributed by atoms with Crippen LogP contribution in [0.25, 0.3) is 0 Å². The van der Waals surface area contributed by atoms with E-state index in [1.807, 2.05) is 0 Å². The summed E-state index contributed by atoms with van der Waals surface area (Å²) < 4.78 is 0. The largest absolute Gasteiger partial charge is 0.481 e. The lowest BCUT2D eigenvalue weighted by molar-refractivity contribution is -0.134. The van der Waals surface area contributed by atoms with E-state index < -0.39 is 5.97 Å². The van der Waals surface area contributed by atoms with Crippen LogP contribution in [0.3, 0.4) is 0 Å². The molecule has 0 saturated heterocycles. The summed E-state index contributed by atoms with van der Waals surface area (Å²) in [4.78, 5) is 11.2. The molecule has 0 aromatic carbocycles. The molecule has 0 radical (unpaired) electrons. The number of carboxylic acid groups (broad SMARTS) is 1. The molecule has 1 N–H and O–H groups in total. The highest BCUT2D eigenvalue weighted by molar-refractivity contribution is 7.80. The summed E-state index contributed by atoms with van der Waals surface area (Å²) in [5.41, 5.74) is 0. The molecule has 0 atom stereocenters. The highest BCUT2D eigenvalue weighted by Gasteiger charge is 1.84. The molecule has 68 valence electrons. The first-order chi connectivity index (χ1) is 5.00. The number of hydrogen-bond acceptors (Lipinski definition) is 3. The second-order valence-electron chi connectivity index (χ2n) is 2.40. The number of nitrogens with zero attached hydrogens (tertiary/aromatic N) is 1. The zero-order chi connectivity index (χ0) is 9.28. The molecular weight excluding hydrogens is 162 g/mol. The van der Waals surface area contributed by atoms with Gasteiger partial charge in [0.15, 0.2) is 0 Å². The van der Waals surface area contributed by atoms with Crippen LogP contribution in [0.15, 0.2) is 0 Å². The van der Waals surface area contributed by atoms with Crippen LogP contribution in [0.4, 0.5) is 0 Å². The van der Waals surface area contributed by atoms with Crippen molar-refractivity contribution in [2.75, 3.05) is 26.4 Å². The number of carbonyl (C=O) groups is 1. The van der Waals surface area contributed by atoms with Gasteiger partial charge in [-0.05, 0) is 32.8 Å². The average Bonchev–Trinajstić information content (AvgIpc) is 1.82. The molecule has 0 amide bonds.